The molecule has 0 unspecified atom stereocenters. The Kier molecular flexibility index (Phi) is 7.29. The van der Waals surface area contributed by atoms with E-state index >= 15 is 0 Å². The lowest BCUT2D eigenvalue weighted by Gasteiger charge is -2.44. The number of nitrogens with one attached hydrogen (secondary N) is 1. The lowest BCUT2D eigenvalue weighted by Crippen LogP contribution is -2.48. The summed E-state index contributed by atoms with van der Waals surface area (Å²) in [6, 6.07) is 16.5. The zero-order valence-corrected chi connectivity index (χ0v) is 24.9. The number of amides is 1. The van der Waals surface area contributed by atoms with Crippen molar-refractivity contribution in [3.05, 3.63) is 77.1 Å². The summed E-state index contributed by atoms with van der Waals surface area (Å²) >= 11 is 0. The highest BCUT2D eigenvalue weighted by Crippen LogP contribution is 2.52. The van der Waals surface area contributed by atoms with Gasteiger partial charge in [0.05, 0.1) is 19.3 Å². The molecule has 6 rings (SSSR count). The quantitative estimate of drug-likeness (QED) is 0.397. The van der Waals surface area contributed by atoms with Crippen molar-refractivity contribution in [2.75, 3.05) is 36.5 Å². The highest BCUT2D eigenvalue weighted by atomic mass is 16.6. The summed E-state index contributed by atoms with van der Waals surface area (Å²) < 4.78 is 10.8. The van der Waals surface area contributed by atoms with Crippen LogP contribution < -0.4 is 15.1 Å². The number of ether oxygens (including phenoxy) is 2. The van der Waals surface area contributed by atoms with Gasteiger partial charge in [0.2, 0.25) is 0 Å². The minimum atomic E-state index is -0.579. The third-order valence-electron chi connectivity index (χ3n) is 8.75. The molecule has 220 valence electrons. The van der Waals surface area contributed by atoms with Gasteiger partial charge in [-0.3, -0.25) is 0 Å². The van der Waals surface area contributed by atoms with Crippen molar-refractivity contribution in [2.45, 2.75) is 64.5 Å². The van der Waals surface area contributed by atoms with Gasteiger partial charge in [-0.2, -0.15) is 0 Å². The number of methoxy groups -OCH3 is 1. The summed E-state index contributed by atoms with van der Waals surface area (Å²) in [5.74, 6) is 0.688. The van der Waals surface area contributed by atoms with Crippen LogP contribution in [0.4, 0.5) is 22.1 Å². The van der Waals surface area contributed by atoms with Crippen molar-refractivity contribution in [1.29, 1.82) is 0 Å². The molecule has 1 saturated heterocycles. The number of fused-ring (bicyclic) bond motifs is 2. The van der Waals surface area contributed by atoms with E-state index in [1.54, 1.807) is 6.20 Å². The molecule has 1 aromatic heterocycles. The molecule has 0 saturated carbocycles. The number of aryl methyl sites for hydroxylation is 1. The minimum Gasteiger partial charge on any atom is -0.464 e. The monoisotopic (exact) mass is 569 g/mol. The van der Waals surface area contributed by atoms with Crippen molar-refractivity contribution < 1.29 is 19.1 Å². The zero-order valence-electron chi connectivity index (χ0n) is 24.9. The average molecular weight is 570 g/mol. The Morgan fingerprint density at radius 1 is 1.00 bits per heavy atom. The number of carbonyl (C=O) groups excluding carboxylic acids is 2. The van der Waals surface area contributed by atoms with Crippen LogP contribution in [0.5, 0.6) is 0 Å². The second kappa shape index (κ2) is 10.9. The van der Waals surface area contributed by atoms with E-state index in [0.29, 0.717) is 24.7 Å². The number of piperidine rings is 1. The fourth-order valence-corrected chi connectivity index (χ4v) is 6.81. The van der Waals surface area contributed by atoms with Crippen LogP contribution in [0.3, 0.4) is 0 Å². The van der Waals surface area contributed by atoms with Gasteiger partial charge in [-0.05, 0) is 75.6 Å². The molecule has 0 bridgehead atoms. The smallest absolute Gasteiger partial charge is 0.408 e. The number of para-hydroxylation sites is 1. The summed E-state index contributed by atoms with van der Waals surface area (Å²) in [6.07, 6.45) is 5.89. The summed E-state index contributed by atoms with van der Waals surface area (Å²) in [7, 11) is 1.38. The first kappa shape index (κ1) is 28.0. The van der Waals surface area contributed by atoms with Crippen LogP contribution in [0, 0.1) is 5.41 Å². The van der Waals surface area contributed by atoms with E-state index in [9.17, 15) is 9.59 Å². The second-order valence-electron chi connectivity index (χ2n) is 12.6. The van der Waals surface area contributed by atoms with Gasteiger partial charge < -0.3 is 24.6 Å². The first-order valence-electron chi connectivity index (χ1n) is 14.8. The third-order valence-corrected chi connectivity index (χ3v) is 8.75. The molecule has 3 heterocycles. The molecule has 1 N–H and O–H groups in total. The maximum absolute atomic E-state index is 13.0. The Bertz CT molecular complexity index is 1490. The van der Waals surface area contributed by atoms with E-state index in [1.807, 2.05) is 32.9 Å². The summed E-state index contributed by atoms with van der Waals surface area (Å²) in [6.45, 7) is 7.77. The van der Waals surface area contributed by atoms with Crippen molar-refractivity contribution in [2.24, 2.45) is 5.41 Å². The van der Waals surface area contributed by atoms with Crippen LogP contribution in [0.1, 0.15) is 73.3 Å². The third kappa shape index (κ3) is 5.28. The number of esters is 1. The fraction of sp³-hybridized carbons (Fsp3) is 0.455. The normalized spacial score (nSPS) is 19.2. The van der Waals surface area contributed by atoms with Gasteiger partial charge in [-0.1, -0.05) is 42.5 Å². The lowest BCUT2D eigenvalue weighted by molar-refractivity contribution is 0.0426. The van der Waals surface area contributed by atoms with E-state index in [1.165, 1.54) is 18.2 Å². The predicted octanol–water partition coefficient (Wildman–Crippen LogP) is 5.76. The van der Waals surface area contributed by atoms with Crippen LogP contribution in [0.2, 0.25) is 0 Å². The van der Waals surface area contributed by atoms with Crippen molar-refractivity contribution in [3.63, 3.8) is 0 Å². The van der Waals surface area contributed by atoms with Gasteiger partial charge in [0.1, 0.15) is 5.60 Å². The number of anilines is 3. The molecule has 3 aliphatic rings. The molecule has 42 heavy (non-hydrogen) atoms. The Balaban J connectivity index is 1.26. The van der Waals surface area contributed by atoms with Gasteiger partial charge in [0.25, 0.3) is 0 Å². The molecule has 2 aliphatic heterocycles. The SMILES string of the molecule is COC(=O)c1nc(N2CCCc3ccccc32)cnc1N1CCC2(CC1)Cc1ccccc1[C@H]2NC(=O)OC(C)(C)C. The highest BCUT2D eigenvalue weighted by Gasteiger charge is 2.49. The van der Waals surface area contributed by atoms with Gasteiger partial charge in [-0.15, -0.1) is 0 Å². The maximum atomic E-state index is 13.0. The number of alkyl carbamates (subject to hydrolysis) is 1. The fourth-order valence-electron chi connectivity index (χ4n) is 6.81. The number of nitrogens with zero attached hydrogens (tertiary/aromatic N) is 4. The topological polar surface area (TPSA) is 96.9 Å². The van der Waals surface area contributed by atoms with Crippen molar-refractivity contribution >= 4 is 29.4 Å². The average Bonchev–Trinajstić information content (AvgIpc) is 3.27. The molecule has 1 atom stereocenters. The van der Waals surface area contributed by atoms with E-state index in [-0.39, 0.29) is 17.2 Å². The maximum Gasteiger partial charge on any atom is 0.408 e. The molecular weight excluding hydrogens is 530 g/mol. The standard InChI is InChI=1S/C33H39N5O4/c1-32(2,3)42-31(40)36-28-24-13-7-5-11-23(24)20-33(28)15-18-37(19-16-33)29-27(30(39)41-4)35-26(21-34-29)38-17-9-12-22-10-6-8-14-25(22)38/h5-8,10-11,13-14,21,28H,9,12,15-20H2,1-4H3,(H,36,40)/t28-/m1/s1. The Morgan fingerprint density at radius 2 is 1.71 bits per heavy atom. The molecule has 3 aromatic rings. The van der Waals surface area contributed by atoms with Gasteiger partial charge in [0, 0.05) is 30.7 Å². The molecule has 0 radical (unpaired) electrons. The molecule has 1 amide bonds. The summed E-state index contributed by atoms with van der Waals surface area (Å²) in [4.78, 5) is 39.8. The Hall–Kier alpha value is -4.14. The zero-order chi connectivity index (χ0) is 29.5. The number of hydrogen-bond acceptors (Lipinski definition) is 8. The second-order valence-corrected chi connectivity index (χ2v) is 12.6. The van der Waals surface area contributed by atoms with Crippen molar-refractivity contribution in [3.8, 4) is 0 Å². The largest absolute Gasteiger partial charge is 0.464 e. The van der Waals surface area contributed by atoms with Gasteiger partial charge in [-0.25, -0.2) is 19.6 Å². The highest BCUT2D eigenvalue weighted by molar-refractivity contribution is 5.93. The van der Waals surface area contributed by atoms with Gasteiger partial charge >= 0.3 is 12.1 Å². The van der Waals surface area contributed by atoms with Crippen LogP contribution in [-0.2, 0) is 22.3 Å². The molecule has 9 nitrogen and oxygen atoms in total. The van der Waals surface area contributed by atoms with E-state index in [0.717, 1.165) is 49.9 Å². The molecule has 2 aromatic carbocycles. The molecular formula is C33H39N5O4. The van der Waals surface area contributed by atoms with E-state index < -0.39 is 17.7 Å². The van der Waals surface area contributed by atoms with E-state index in [2.05, 4.69) is 51.5 Å². The number of aromatic nitrogens is 2. The van der Waals surface area contributed by atoms with Crippen LogP contribution in [0.25, 0.3) is 0 Å². The van der Waals surface area contributed by atoms with Crippen LogP contribution >= 0.6 is 0 Å². The number of carbonyl (C=O) groups is 2. The summed E-state index contributed by atoms with van der Waals surface area (Å²) in [5, 5.41) is 3.21. The van der Waals surface area contributed by atoms with Crippen LogP contribution in [-0.4, -0.2) is 54.4 Å². The summed E-state index contributed by atoms with van der Waals surface area (Å²) in [5.41, 5.74) is 4.27. The molecule has 1 fully saturated rings. The first-order valence-corrected chi connectivity index (χ1v) is 14.8. The number of hydrogen-bond donors (Lipinski definition) is 1. The van der Waals surface area contributed by atoms with Crippen LogP contribution in [0.15, 0.2) is 54.7 Å². The van der Waals surface area contributed by atoms with Crippen molar-refractivity contribution in [1.82, 2.24) is 15.3 Å². The minimum absolute atomic E-state index is 0.154. The molecule has 1 aliphatic carbocycles. The Morgan fingerprint density at radius 3 is 2.45 bits per heavy atom. The lowest BCUT2D eigenvalue weighted by atomic mass is 9.72. The molecule has 1 spiro atoms. The number of rotatable bonds is 4. The first-order chi connectivity index (χ1) is 20.2. The van der Waals surface area contributed by atoms with Gasteiger partial charge in [0.15, 0.2) is 17.3 Å². The number of benzene rings is 2. The Labute approximate surface area is 247 Å². The van der Waals surface area contributed by atoms with E-state index in [4.69, 9.17) is 19.4 Å². The predicted molar refractivity (Wildman–Crippen MR) is 161 cm³/mol. The molecule has 9 heteroatoms.